The molecule has 0 aliphatic carbocycles. The molecule has 1 unspecified atom stereocenters. The van der Waals surface area contributed by atoms with Gasteiger partial charge in [0.2, 0.25) is 0 Å². The third-order valence-corrected chi connectivity index (χ3v) is 5.08. The third kappa shape index (κ3) is 3.63. The monoisotopic (exact) mass is 430 g/mol. The smallest absolute Gasteiger partial charge is 0.278 e. The molecule has 1 aromatic heterocycles. The average molecular weight is 431 g/mol. The van der Waals surface area contributed by atoms with E-state index in [0.717, 1.165) is 15.6 Å². The molecular formula is C19H16BrFN4O2. The van der Waals surface area contributed by atoms with Crippen molar-refractivity contribution in [1.82, 2.24) is 15.0 Å². The number of hydrogen-bond donors (Lipinski definition) is 1. The number of nitrogens with zero attached hydrogens (tertiary/aromatic N) is 3. The van der Waals surface area contributed by atoms with Gasteiger partial charge >= 0.3 is 0 Å². The molecule has 27 heavy (non-hydrogen) atoms. The number of halogens is 2. The standard InChI is InChI=1S/C19H16BrFN4O2/c1-11-2-7-15(14(20)8-11)22-19(26)18-16-10-27-17(9-25(16)24-23-18)12-3-5-13(21)6-4-12/h2-8,17H,9-10H2,1H3,(H,22,26). The van der Waals surface area contributed by atoms with Crippen LogP contribution in [0.15, 0.2) is 46.9 Å². The van der Waals surface area contributed by atoms with Gasteiger partial charge in [0.05, 0.1) is 24.5 Å². The molecule has 2 aromatic carbocycles. The number of aryl methyl sites for hydroxylation is 1. The largest absolute Gasteiger partial charge is 0.365 e. The van der Waals surface area contributed by atoms with Crippen LogP contribution in [-0.4, -0.2) is 20.9 Å². The second kappa shape index (κ2) is 7.21. The summed E-state index contributed by atoms with van der Waals surface area (Å²) >= 11 is 3.45. The Morgan fingerprint density at radius 2 is 2.07 bits per heavy atom. The number of nitrogens with one attached hydrogen (secondary N) is 1. The number of rotatable bonds is 3. The molecule has 1 aliphatic rings. The highest BCUT2D eigenvalue weighted by molar-refractivity contribution is 9.10. The molecule has 1 atom stereocenters. The number of fused-ring (bicyclic) bond motifs is 1. The van der Waals surface area contributed by atoms with Crippen LogP contribution in [0.5, 0.6) is 0 Å². The summed E-state index contributed by atoms with van der Waals surface area (Å²) in [4.78, 5) is 12.6. The first-order valence-electron chi connectivity index (χ1n) is 8.38. The Morgan fingerprint density at radius 3 is 2.81 bits per heavy atom. The highest BCUT2D eigenvalue weighted by atomic mass is 79.9. The minimum absolute atomic E-state index is 0.201. The van der Waals surface area contributed by atoms with E-state index in [0.29, 0.717) is 17.9 Å². The van der Waals surface area contributed by atoms with Crippen molar-refractivity contribution in [1.29, 1.82) is 0 Å². The normalized spacial score (nSPS) is 16.0. The van der Waals surface area contributed by atoms with Gasteiger partial charge in [0.1, 0.15) is 11.9 Å². The molecule has 0 saturated heterocycles. The first-order valence-corrected chi connectivity index (χ1v) is 9.17. The number of hydrogen-bond acceptors (Lipinski definition) is 4. The van der Waals surface area contributed by atoms with Gasteiger partial charge in [-0.05, 0) is 58.2 Å². The van der Waals surface area contributed by atoms with E-state index >= 15 is 0 Å². The maximum Gasteiger partial charge on any atom is 0.278 e. The minimum Gasteiger partial charge on any atom is -0.365 e. The maximum absolute atomic E-state index is 13.1. The average Bonchev–Trinajstić information content (AvgIpc) is 3.08. The first kappa shape index (κ1) is 17.8. The van der Waals surface area contributed by atoms with Gasteiger partial charge in [-0.2, -0.15) is 0 Å². The van der Waals surface area contributed by atoms with Crippen LogP contribution in [0.3, 0.4) is 0 Å². The molecular weight excluding hydrogens is 415 g/mol. The summed E-state index contributed by atoms with van der Waals surface area (Å²) in [5.74, 6) is -0.637. The number of amides is 1. The van der Waals surface area contributed by atoms with Crippen LogP contribution < -0.4 is 5.32 Å². The molecule has 0 bridgehead atoms. The van der Waals surface area contributed by atoms with E-state index in [2.05, 4.69) is 31.6 Å². The van der Waals surface area contributed by atoms with Crippen molar-refractivity contribution in [3.63, 3.8) is 0 Å². The zero-order valence-corrected chi connectivity index (χ0v) is 16.0. The van der Waals surface area contributed by atoms with Crippen molar-refractivity contribution >= 4 is 27.5 Å². The lowest BCUT2D eigenvalue weighted by Gasteiger charge is -2.24. The minimum atomic E-state index is -0.343. The van der Waals surface area contributed by atoms with Crippen LogP contribution in [0, 0.1) is 12.7 Å². The van der Waals surface area contributed by atoms with Gasteiger partial charge in [-0.1, -0.05) is 23.4 Å². The van der Waals surface area contributed by atoms with Crippen molar-refractivity contribution in [2.45, 2.75) is 26.2 Å². The van der Waals surface area contributed by atoms with Crippen molar-refractivity contribution in [2.24, 2.45) is 0 Å². The van der Waals surface area contributed by atoms with E-state index in [1.165, 1.54) is 12.1 Å². The van der Waals surface area contributed by atoms with Crippen molar-refractivity contribution in [3.05, 3.63) is 75.3 Å². The van der Waals surface area contributed by atoms with E-state index in [9.17, 15) is 9.18 Å². The zero-order valence-electron chi connectivity index (χ0n) is 14.4. The lowest BCUT2D eigenvalue weighted by atomic mass is 10.1. The van der Waals surface area contributed by atoms with E-state index in [1.807, 2.05) is 25.1 Å². The molecule has 138 valence electrons. The topological polar surface area (TPSA) is 69.0 Å². The predicted molar refractivity (Wildman–Crippen MR) is 101 cm³/mol. The van der Waals surface area contributed by atoms with Gasteiger partial charge in [-0.25, -0.2) is 9.07 Å². The van der Waals surface area contributed by atoms with Gasteiger partial charge in [-0.3, -0.25) is 4.79 Å². The fourth-order valence-electron chi connectivity index (χ4n) is 2.97. The second-order valence-corrected chi connectivity index (χ2v) is 7.21. The van der Waals surface area contributed by atoms with Gasteiger partial charge in [0.15, 0.2) is 5.69 Å². The van der Waals surface area contributed by atoms with Crippen LogP contribution in [0.4, 0.5) is 10.1 Å². The maximum atomic E-state index is 13.1. The van der Waals surface area contributed by atoms with E-state index in [-0.39, 0.29) is 30.1 Å². The number of carbonyl (C=O) groups excluding carboxylic acids is 1. The first-order chi connectivity index (χ1) is 13.0. The Balaban J connectivity index is 1.52. The van der Waals surface area contributed by atoms with Gasteiger partial charge in [0.25, 0.3) is 5.91 Å². The fourth-order valence-corrected chi connectivity index (χ4v) is 3.56. The van der Waals surface area contributed by atoms with Crippen molar-refractivity contribution in [2.75, 3.05) is 5.32 Å². The number of carbonyl (C=O) groups is 1. The molecule has 1 amide bonds. The number of aromatic nitrogens is 3. The fraction of sp³-hybridized carbons (Fsp3) is 0.211. The zero-order chi connectivity index (χ0) is 19.0. The van der Waals surface area contributed by atoms with Crippen LogP contribution in [0.25, 0.3) is 0 Å². The number of ether oxygens (including phenoxy) is 1. The Labute approximate surface area is 163 Å². The SMILES string of the molecule is Cc1ccc(NC(=O)c2nnn3c2COC(c2ccc(F)cc2)C3)c(Br)c1. The molecule has 6 nitrogen and oxygen atoms in total. The van der Waals surface area contributed by atoms with E-state index in [4.69, 9.17) is 4.74 Å². The molecule has 3 aromatic rings. The Kier molecular flexibility index (Phi) is 4.75. The molecule has 1 aliphatic heterocycles. The van der Waals surface area contributed by atoms with Crippen LogP contribution in [-0.2, 0) is 17.9 Å². The summed E-state index contributed by atoms with van der Waals surface area (Å²) in [5.41, 5.74) is 3.45. The Hall–Kier alpha value is -2.58. The molecule has 0 fully saturated rings. The summed E-state index contributed by atoms with van der Waals surface area (Å²) in [6.45, 7) is 2.59. The Morgan fingerprint density at radius 1 is 1.30 bits per heavy atom. The lowest BCUT2D eigenvalue weighted by molar-refractivity contribution is -0.00174. The summed E-state index contributed by atoms with van der Waals surface area (Å²) in [6, 6.07) is 11.8. The van der Waals surface area contributed by atoms with Gasteiger partial charge < -0.3 is 10.1 Å². The highest BCUT2D eigenvalue weighted by Gasteiger charge is 2.28. The molecule has 0 saturated carbocycles. The van der Waals surface area contributed by atoms with Crippen LogP contribution in [0.2, 0.25) is 0 Å². The molecule has 4 rings (SSSR count). The Bertz CT molecular complexity index is 1000. The molecule has 1 N–H and O–H groups in total. The molecule has 0 spiro atoms. The lowest BCUT2D eigenvalue weighted by Crippen LogP contribution is -2.24. The van der Waals surface area contributed by atoms with Crippen molar-refractivity contribution < 1.29 is 13.9 Å². The molecule has 8 heteroatoms. The molecule has 0 radical (unpaired) electrons. The summed E-state index contributed by atoms with van der Waals surface area (Å²) in [6.07, 6.45) is -0.262. The quantitative estimate of drug-likeness (QED) is 0.681. The van der Waals surface area contributed by atoms with Crippen LogP contribution >= 0.6 is 15.9 Å². The van der Waals surface area contributed by atoms with Gasteiger partial charge in [0, 0.05) is 4.47 Å². The van der Waals surface area contributed by atoms with E-state index < -0.39 is 0 Å². The molecule has 2 heterocycles. The van der Waals surface area contributed by atoms with Crippen LogP contribution in [0.1, 0.15) is 33.4 Å². The summed E-state index contributed by atoms with van der Waals surface area (Å²) in [7, 11) is 0. The highest BCUT2D eigenvalue weighted by Crippen LogP contribution is 2.28. The number of anilines is 1. The predicted octanol–water partition coefficient (Wildman–Crippen LogP) is 4.01. The third-order valence-electron chi connectivity index (χ3n) is 4.43. The van der Waals surface area contributed by atoms with Gasteiger partial charge in [-0.15, -0.1) is 5.10 Å². The summed E-state index contributed by atoms with van der Waals surface area (Å²) < 4.78 is 21.4. The van der Waals surface area contributed by atoms with E-state index in [1.54, 1.807) is 16.8 Å². The van der Waals surface area contributed by atoms with Crippen molar-refractivity contribution in [3.8, 4) is 0 Å². The summed E-state index contributed by atoms with van der Waals surface area (Å²) in [5, 5.41) is 11.0. The number of benzene rings is 2. The second-order valence-electron chi connectivity index (χ2n) is 6.36.